The maximum atomic E-state index is 12.2. The molecule has 0 unspecified atom stereocenters. The monoisotopic (exact) mass is 345 g/mol. The predicted molar refractivity (Wildman–Crippen MR) is 88.1 cm³/mol. The van der Waals surface area contributed by atoms with Gasteiger partial charge in [0.15, 0.2) is 9.84 Å². The van der Waals surface area contributed by atoms with Gasteiger partial charge in [-0.15, -0.1) is 6.58 Å². The van der Waals surface area contributed by atoms with Crippen LogP contribution in [0.25, 0.3) is 0 Å². The van der Waals surface area contributed by atoms with Crippen molar-refractivity contribution in [2.45, 2.75) is 43.4 Å². The summed E-state index contributed by atoms with van der Waals surface area (Å²) in [6.07, 6.45) is 7.33. The highest BCUT2D eigenvalue weighted by Gasteiger charge is 2.20. The molecule has 0 saturated carbocycles. The number of nitrogens with zero attached hydrogens (tertiary/aromatic N) is 1. The van der Waals surface area contributed by atoms with Crippen molar-refractivity contribution < 1.29 is 13.3 Å². The number of nitro groups is 1. The smallest absolute Gasteiger partial charge is 0.258 e. The SMILES string of the molecule is C=CCCCCCCCS(=O)(=O)c1ccc(Cl)c([N+](=O)[O-])c1. The average Bonchev–Trinajstić information content (AvgIpc) is 2.46. The molecule has 5 nitrogen and oxygen atoms in total. The summed E-state index contributed by atoms with van der Waals surface area (Å²) < 4.78 is 24.3. The second-order valence-corrected chi connectivity index (χ2v) is 7.55. The number of nitro benzene ring substituents is 1. The van der Waals surface area contributed by atoms with Gasteiger partial charge < -0.3 is 0 Å². The largest absolute Gasteiger partial charge is 0.289 e. The molecule has 0 aromatic heterocycles. The Labute approximate surface area is 136 Å². The normalized spacial score (nSPS) is 11.3. The van der Waals surface area contributed by atoms with E-state index in [1.165, 1.54) is 12.1 Å². The van der Waals surface area contributed by atoms with Crippen LogP contribution in [0.3, 0.4) is 0 Å². The van der Waals surface area contributed by atoms with E-state index in [4.69, 9.17) is 11.6 Å². The van der Waals surface area contributed by atoms with Crippen molar-refractivity contribution in [2.75, 3.05) is 5.75 Å². The Morgan fingerprint density at radius 3 is 2.45 bits per heavy atom. The van der Waals surface area contributed by atoms with Crippen LogP contribution in [0.5, 0.6) is 0 Å². The van der Waals surface area contributed by atoms with Crippen LogP contribution in [0, 0.1) is 10.1 Å². The van der Waals surface area contributed by atoms with Gasteiger partial charge in [-0.25, -0.2) is 8.42 Å². The van der Waals surface area contributed by atoms with E-state index in [1.807, 2.05) is 6.08 Å². The van der Waals surface area contributed by atoms with Gasteiger partial charge >= 0.3 is 0 Å². The zero-order valence-electron chi connectivity index (χ0n) is 12.3. The molecule has 0 atom stereocenters. The van der Waals surface area contributed by atoms with E-state index >= 15 is 0 Å². The van der Waals surface area contributed by atoms with E-state index in [-0.39, 0.29) is 21.4 Å². The molecule has 1 rings (SSSR count). The van der Waals surface area contributed by atoms with Gasteiger partial charge in [0.2, 0.25) is 0 Å². The molecule has 0 N–H and O–H groups in total. The summed E-state index contributed by atoms with van der Waals surface area (Å²) in [5.74, 6) is -0.00670. The summed E-state index contributed by atoms with van der Waals surface area (Å²) in [6.45, 7) is 3.65. The highest BCUT2D eigenvalue weighted by molar-refractivity contribution is 7.91. The minimum absolute atomic E-state index is 0.00670. The first kappa shape index (κ1) is 18.6. The summed E-state index contributed by atoms with van der Waals surface area (Å²) in [4.78, 5) is 10.1. The van der Waals surface area contributed by atoms with Gasteiger partial charge in [0.25, 0.3) is 5.69 Å². The molecule has 0 fully saturated rings. The molecule has 0 spiro atoms. The maximum Gasteiger partial charge on any atom is 0.289 e. The van der Waals surface area contributed by atoms with Gasteiger partial charge in [-0.3, -0.25) is 10.1 Å². The molecule has 0 aliphatic carbocycles. The van der Waals surface area contributed by atoms with E-state index in [0.717, 1.165) is 38.2 Å². The Kier molecular flexibility index (Phi) is 7.55. The van der Waals surface area contributed by atoms with Crippen LogP contribution in [0.4, 0.5) is 5.69 Å². The number of allylic oxidation sites excluding steroid dienone is 1. The van der Waals surface area contributed by atoms with E-state index < -0.39 is 14.8 Å². The fraction of sp³-hybridized carbons (Fsp3) is 0.467. The topological polar surface area (TPSA) is 77.3 Å². The third-order valence-electron chi connectivity index (χ3n) is 3.29. The molecule has 0 aliphatic heterocycles. The Morgan fingerprint density at radius 1 is 1.18 bits per heavy atom. The Balaban J connectivity index is 2.58. The van der Waals surface area contributed by atoms with Crippen molar-refractivity contribution in [2.24, 2.45) is 0 Å². The van der Waals surface area contributed by atoms with Crippen molar-refractivity contribution in [1.29, 1.82) is 0 Å². The van der Waals surface area contributed by atoms with Gasteiger partial charge in [-0.1, -0.05) is 36.9 Å². The van der Waals surface area contributed by atoms with Crippen molar-refractivity contribution in [3.63, 3.8) is 0 Å². The van der Waals surface area contributed by atoms with Crippen LogP contribution in [0.2, 0.25) is 5.02 Å². The van der Waals surface area contributed by atoms with Crippen LogP contribution in [0.15, 0.2) is 35.7 Å². The van der Waals surface area contributed by atoms with Crippen molar-refractivity contribution in [3.8, 4) is 0 Å². The molecule has 1 aromatic carbocycles. The summed E-state index contributed by atoms with van der Waals surface area (Å²) in [5.41, 5.74) is -0.382. The molecule has 0 saturated heterocycles. The number of rotatable bonds is 10. The highest BCUT2D eigenvalue weighted by atomic mass is 35.5. The zero-order chi connectivity index (χ0) is 16.6. The van der Waals surface area contributed by atoms with E-state index in [9.17, 15) is 18.5 Å². The lowest BCUT2D eigenvalue weighted by atomic mass is 10.1. The van der Waals surface area contributed by atoms with Crippen LogP contribution in [-0.2, 0) is 9.84 Å². The molecule has 22 heavy (non-hydrogen) atoms. The molecule has 122 valence electrons. The molecular formula is C15H20ClNO4S. The minimum Gasteiger partial charge on any atom is -0.258 e. The lowest BCUT2D eigenvalue weighted by Gasteiger charge is -2.05. The quantitative estimate of drug-likeness (QED) is 0.270. The van der Waals surface area contributed by atoms with Gasteiger partial charge in [0, 0.05) is 6.07 Å². The van der Waals surface area contributed by atoms with Crippen LogP contribution >= 0.6 is 11.6 Å². The van der Waals surface area contributed by atoms with E-state index in [0.29, 0.717) is 6.42 Å². The number of hydrogen-bond acceptors (Lipinski definition) is 4. The molecule has 0 amide bonds. The lowest BCUT2D eigenvalue weighted by molar-refractivity contribution is -0.384. The van der Waals surface area contributed by atoms with Crippen molar-refractivity contribution in [3.05, 3.63) is 46.0 Å². The standard InChI is InChI=1S/C15H20ClNO4S/c1-2-3-4-5-6-7-8-11-22(20,21)13-9-10-14(16)15(12-13)17(18)19/h2,9-10,12H,1,3-8,11H2. The molecule has 0 bridgehead atoms. The number of unbranched alkanes of at least 4 members (excludes halogenated alkanes) is 5. The van der Waals surface area contributed by atoms with Crippen LogP contribution < -0.4 is 0 Å². The Morgan fingerprint density at radius 2 is 1.82 bits per heavy atom. The molecular weight excluding hydrogens is 326 g/mol. The highest BCUT2D eigenvalue weighted by Crippen LogP contribution is 2.27. The molecule has 0 heterocycles. The molecule has 1 aromatic rings. The number of sulfone groups is 1. The summed E-state index contributed by atoms with van der Waals surface area (Å²) in [5, 5.41) is 10.7. The Hall–Kier alpha value is -1.40. The fourth-order valence-corrected chi connectivity index (χ4v) is 3.63. The Bertz CT molecular complexity index is 628. The zero-order valence-corrected chi connectivity index (χ0v) is 13.9. The lowest BCUT2D eigenvalue weighted by Crippen LogP contribution is -2.07. The van der Waals surface area contributed by atoms with Gasteiger partial charge in [-0.2, -0.15) is 0 Å². The molecule has 7 heteroatoms. The second kappa shape index (κ2) is 8.90. The maximum absolute atomic E-state index is 12.2. The number of hydrogen-bond donors (Lipinski definition) is 0. The van der Waals surface area contributed by atoms with Crippen molar-refractivity contribution >= 4 is 27.1 Å². The predicted octanol–water partition coefficient (Wildman–Crippen LogP) is 4.55. The first-order valence-electron chi connectivity index (χ1n) is 7.16. The van der Waals surface area contributed by atoms with Gasteiger partial charge in [0.1, 0.15) is 5.02 Å². The molecule has 0 radical (unpaired) electrons. The molecule has 0 aliphatic rings. The first-order chi connectivity index (χ1) is 10.4. The fourth-order valence-electron chi connectivity index (χ4n) is 2.05. The van der Waals surface area contributed by atoms with E-state index in [2.05, 4.69) is 6.58 Å². The summed E-state index contributed by atoms with van der Waals surface area (Å²) >= 11 is 5.69. The second-order valence-electron chi connectivity index (χ2n) is 5.03. The van der Waals surface area contributed by atoms with Gasteiger partial charge in [-0.05, 0) is 31.4 Å². The third-order valence-corrected chi connectivity index (χ3v) is 5.41. The average molecular weight is 346 g/mol. The number of halogens is 1. The van der Waals surface area contributed by atoms with Crippen LogP contribution in [-0.4, -0.2) is 19.1 Å². The summed E-state index contributed by atoms with van der Waals surface area (Å²) in [7, 11) is -3.51. The minimum atomic E-state index is -3.51. The van der Waals surface area contributed by atoms with E-state index in [1.54, 1.807) is 0 Å². The first-order valence-corrected chi connectivity index (χ1v) is 9.19. The van der Waals surface area contributed by atoms with Gasteiger partial charge in [0.05, 0.1) is 15.6 Å². The number of benzene rings is 1. The van der Waals surface area contributed by atoms with Crippen molar-refractivity contribution in [1.82, 2.24) is 0 Å². The third kappa shape index (κ3) is 5.77. The van der Waals surface area contributed by atoms with Crippen LogP contribution in [0.1, 0.15) is 38.5 Å². The summed E-state index contributed by atoms with van der Waals surface area (Å²) in [6, 6.07) is 3.60.